The first-order chi connectivity index (χ1) is 8.50. The molecule has 1 heterocycles. The summed E-state index contributed by atoms with van der Waals surface area (Å²) in [6.45, 7) is 2.09. The highest BCUT2D eigenvalue weighted by Crippen LogP contribution is 2.23. The molecule has 1 amide bonds. The second kappa shape index (κ2) is 5.07. The van der Waals surface area contributed by atoms with Crippen LogP contribution in [0.1, 0.15) is 24.5 Å². The summed E-state index contributed by atoms with van der Waals surface area (Å²) in [4.78, 5) is 11.2. The van der Waals surface area contributed by atoms with Crippen LogP contribution in [0.25, 0.3) is 0 Å². The molecule has 0 atom stereocenters. The largest absolute Gasteiger partial charge is 0.326 e. The first kappa shape index (κ1) is 13.0. The van der Waals surface area contributed by atoms with Gasteiger partial charge in [-0.1, -0.05) is 19.1 Å². The molecule has 0 radical (unpaired) electrons. The van der Waals surface area contributed by atoms with Gasteiger partial charge in [-0.3, -0.25) is 4.79 Å². The van der Waals surface area contributed by atoms with Crippen molar-refractivity contribution in [2.45, 2.75) is 26.3 Å². The maximum absolute atomic E-state index is 11.5. The fraction of sp³-hybridized carbons (Fsp3) is 0.417. The highest BCUT2D eigenvalue weighted by molar-refractivity contribution is 7.89. The summed E-state index contributed by atoms with van der Waals surface area (Å²) in [5.74, 6) is 0.117. The van der Waals surface area contributed by atoms with Crippen LogP contribution in [0.2, 0.25) is 0 Å². The van der Waals surface area contributed by atoms with Gasteiger partial charge in [0, 0.05) is 12.2 Å². The molecule has 0 bridgehead atoms. The van der Waals surface area contributed by atoms with Crippen LogP contribution in [0.5, 0.6) is 0 Å². The third-order valence-electron chi connectivity index (χ3n) is 2.76. The van der Waals surface area contributed by atoms with Crippen molar-refractivity contribution in [2.24, 2.45) is 0 Å². The van der Waals surface area contributed by atoms with Crippen molar-refractivity contribution in [3.05, 3.63) is 29.3 Å². The summed E-state index contributed by atoms with van der Waals surface area (Å²) in [7, 11) is -3.19. The highest BCUT2D eigenvalue weighted by Gasteiger charge is 2.17. The lowest BCUT2D eigenvalue weighted by atomic mass is 10.1. The normalized spacial score (nSPS) is 14.4. The Bertz CT molecular complexity index is 567. The number of hydrogen-bond donors (Lipinski definition) is 2. The summed E-state index contributed by atoms with van der Waals surface area (Å²) < 4.78 is 25.6. The van der Waals surface area contributed by atoms with Gasteiger partial charge in [0.25, 0.3) is 0 Å². The first-order valence-electron chi connectivity index (χ1n) is 5.89. The monoisotopic (exact) mass is 268 g/mol. The minimum atomic E-state index is -3.19. The number of nitrogens with one attached hydrogen (secondary N) is 2. The number of hydrogen-bond acceptors (Lipinski definition) is 3. The second-order valence-electron chi connectivity index (χ2n) is 4.36. The maximum Gasteiger partial charge on any atom is 0.228 e. The summed E-state index contributed by atoms with van der Waals surface area (Å²) in [5.41, 5.74) is 2.61. The number of anilines is 1. The number of carbonyl (C=O) groups excluding carboxylic acids is 1. The Balaban J connectivity index is 2.04. The van der Waals surface area contributed by atoms with Crippen molar-refractivity contribution in [3.63, 3.8) is 0 Å². The van der Waals surface area contributed by atoms with E-state index < -0.39 is 10.0 Å². The molecule has 0 fully saturated rings. The van der Waals surface area contributed by atoms with Gasteiger partial charge >= 0.3 is 0 Å². The van der Waals surface area contributed by atoms with Crippen LogP contribution in [0.3, 0.4) is 0 Å². The lowest BCUT2D eigenvalue weighted by molar-refractivity contribution is -0.115. The van der Waals surface area contributed by atoms with E-state index in [4.69, 9.17) is 0 Å². The SMILES string of the molecule is CCCS(=O)(=O)NCc1ccc2c(c1)CC(=O)N2. The molecule has 5 nitrogen and oxygen atoms in total. The smallest absolute Gasteiger partial charge is 0.228 e. The fourth-order valence-corrected chi connectivity index (χ4v) is 3.00. The van der Waals surface area contributed by atoms with Crippen LogP contribution in [-0.2, 0) is 27.8 Å². The lowest BCUT2D eigenvalue weighted by Gasteiger charge is -2.07. The van der Waals surface area contributed by atoms with Gasteiger partial charge in [-0.2, -0.15) is 0 Å². The molecule has 0 unspecified atom stereocenters. The van der Waals surface area contributed by atoms with Gasteiger partial charge < -0.3 is 5.32 Å². The Labute approximate surface area is 107 Å². The molecular formula is C12H16N2O3S. The van der Waals surface area contributed by atoms with Gasteiger partial charge in [-0.05, 0) is 23.6 Å². The van der Waals surface area contributed by atoms with Gasteiger partial charge in [0.2, 0.25) is 15.9 Å². The van der Waals surface area contributed by atoms with E-state index in [0.29, 0.717) is 12.8 Å². The van der Waals surface area contributed by atoms with E-state index in [-0.39, 0.29) is 18.2 Å². The number of rotatable bonds is 5. The third-order valence-corrected chi connectivity index (χ3v) is 4.29. The number of amides is 1. The Morgan fingerprint density at radius 3 is 2.89 bits per heavy atom. The fourth-order valence-electron chi connectivity index (χ4n) is 1.93. The molecule has 0 spiro atoms. The van der Waals surface area contributed by atoms with E-state index in [0.717, 1.165) is 16.8 Å². The first-order valence-corrected chi connectivity index (χ1v) is 7.54. The van der Waals surface area contributed by atoms with Gasteiger partial charge in [0.1, 0.15) is 0 Å². The van der Waals surface area contributed by atoms with Crippen molar-refractivity contribution in [1.82, 2.24) is 4.72 Å². The van der Waals surface area contributed by atoms with Crippen molar-refractivity contribution in [1.29, 1.82) is 0 Å². The zero-order valence-corrected chi connectivity index (χ0v) is 11.0. The molecule has 2 rings (SSSR count). The zero-order chi connectivity index (χ0) is 13.2. The molecule has 0 aliphatic carbocycles. The molecule has 1 aromatic carbocycles. The van der Waals surface area contributed by atoms with Crippen molar-refractivity contribution in [3.8, 4) is 0 Å². The third kappa shape index (κ3) is 3.08. The second-order valence-corrected chi connectivity index (χ2v) is 6.28. The summed E-state index contributed by atoms with van der Waals surface area (Å²) in [6.07, 6.45) is 0.961. The molecule has 1 aromatic rings. The van der Waals surface area contributed by atoms with E-state index in [1.165, 1.54) is 0 Å². The predicted octanol–water partition coefficient (Wildman–Crippen LogP) is 1.01. The average Bonchev–Trinajstić information content (AvgIpc) is 2.65. The van der Waals surface area contributed by atoms with Crippen LogP contribution in [0.4, 0.5) is 5.69 Å². The average molecular weight is 268 g/mol. The molecule has 0 aromatic heterocycles. The van der Waals surface area contributed by atoms with Crippen LogP contribution in [0.15, 0.2) is 18.2 Å². The van der Waals surface area contributed by atoms with Crippen molar-refractivity contribution >= 4 is 21.6 Å². The Kier molecular flexibility index (Phi) is 3.68. The number of carbonyl (C=O) groups is 1. The Morgan fingerprint density at radius 2 is 2.17 bits per heavy atom. The molecule has 18 heavy (non-hydrogen) atoms. The van der Waals surface area contributed by atoms with Crippen LogP contribution in [0, 0.1) is 0 Å². The van der Waals surface area contributed by atoms with Crippen molar-refractivity contribution in [2.75, 3.05) is 11.1 Å². The Hall–Kier alpha value is -1.40. The highest BCUT2D eigenvalue weighted by atomic mass is 32.2. The van der Waals surface area contributed by atoms with Crippen LogP contribution in [-0.4, -0.2) is 20.1 Å². The molecule has 1 aliphatic heterocycles. The number of fused-ring (bicyclic) bond motifs is 1. The summed E-state index contributed by atoms with van der Waals surface area (Å²) in [5, 5.41) is 2.74. The molecule has 1 aliphatic rings. The van der Waals surface area contributed by atoms with Gasteiger partial charge in [0.05, 0.1) is 12.2 Å². The molecule has 0 saturated heterocycles. The van der Waals surface area contributed by atoms with E-state index >= 15 is 0 Å². The number of sulfonamides is 1. The lowest BCUT2D eigenvalue weighted by Crippen LogP contribution is -2.25. The van der Waals surface area contributed by atoms with Gasteiger partial charge in [-0.25, -0.2) is 13.1 Å². The summed E-state index contributed by atoms with van der Waals surface area (Å²) in [6, 6.07) is 5.49. The van der Waals surface area contributed by atoms with E-state index in [1.807, 2.05) is 25.1 Å². The van der Waals surface area contributed by atoms with E-state index in [9.17, 15) is 13.2 Å². The molecule has 6 heteroatoms. The quantitative estimate of drug-likeness (QED) is 0.837. The van der Waals surface area contributed by atoms with E-state index in [1.54, 1.807) is 0 Å². The number of benzene rings is 1. The molecule has 2 N–H and O–H groups in total. The van der Waals surface area contributed by atoms with E-state index in [2.05, 4.69) is 10.0 Å². The minimum Gasteiger partial charge on any atom is -0.326 e. The minimum absolute atomic E-state index is 0.0197. The molecular weight excluding hydrogens is 252 g/mol. The predicted molar refractivity (Wildman–Crippen MR) is 69.7 cm³/mol. The zero-order valence-electron chi connectivity index (χ0n) is 10.2. The topological polar surface area (TPSA) is 75.3 Å². The van der Waals surface area contributed by atoms with Gasteiger partial charge in [-0.15, -0.1) is 0 Å². The Morgan fingerprint density at radius 1 is 1.39 bits per heavy atom. The van der Waals surface area contributed by atoms with Gasteiger partial charge in [0.15, 0.2) is 0 Å². The van der Waals surface area contributed by atoms with Crippen molar-refractivity contribution < 1.29 is 13.2 Å². The summed E-state index contributed by atoms with van der Waals surface area (Å²) >= 11 is 0. The van der Waals surface area contributed by atoms with Crippen LogP contribution >= 0.6 is 0 Å². The van der Waals surface area contributed by atoms with Crippen LogP contribution < -0.4 is 10.0 Å². The molecule has 0 saturated carbocycles. The molecule has 98 valence electrons. The standard InChI is InChI=1S/C12H16N2O3S/c1-2-5-18(16,17)13-8-9-3-4-11-10(6-9)7-12(15)14-11/h3-4,6,13H,2,5,7-8H2,1H3,(H,14,15). The maximum atomic E-state index is 11.5.